The third kappa shape index (κ3) is 2.43. The summed E-state index contributed by atoms with van der Waals surface area (Å²) in [5.74, 6) is -0.976. The van der Waals surface area contributed by atoms with Gasteiger partial charge in [-0.3, -0.25) is 0 Å². The summed E-state index contributed by atoms with van der Waals surface area (Å²) in [5.41, 5.74) is 0. The van der Waals surface area contributed by atoms with Crippen molar-refractivity contribution >= 4 is 65.2 Å². The maximum atomic E-state index is 13.0. The van der Waals surface area contributed by atoms with Gasteiger partial charge in [-0.1, -0.05) is 0 Å². The molecule has 0 amide bonds. The Kier molecular flexibility index (Phi) is 4.18. The predicted octanol–water partition coefficient (Wildman–Crippen LogP) is 4.19. The van der Waals surface area contributed by atoms with Crippen LogP contribution in [0.2, 0.25) is 0 Å². The lowest BCUT2D eigenvalue weighted by Gasteiger charge is -1.98. The van der Waals surface area contributed by atoms with Crippen molar-refractivity contribution in [1.29, 1.82) is 0 Å². The average Bonchev–Trinajstić information content (AvgIpc) is 3.28. The Hall–Kier alpha value is -1.75. The van der Waals surface area contributed by atoms with E-state index in [1.807, 2.05) is 0 Å². The van der Waals surface area contributed by atoms with E-state index in [4.69, 9.17) is 9.47 Å². The van der Waals surface area contributed by atoms with Crippen LogP contribution in [0.4, 0.5) is 0 Å². The number of hydrogen-bond donors (Lipinski definition) is 0. The summed E-state index contributed by atoms with van der Waals surface area (Å²) in [6, 6.07) is 3.04. The van der Waals surface area contributed by atoms with Crippen LogP contribution in [0.25, 0.3) is 19.2 Å². The van der Waals surface area contributed by atoms with Crippen molar-refractivity contribution in [3.05, 3.63) is 21.9 Å². The van der Waals surface area contributed by atoms with Crippen molar-refractivity contribution in [3.8, 4) is 9.75 Å². The second-order valence-electron chi connectivity index (χ2n) is 5.31. The molecule has 0 saturated heterocycles. The van der Waals surface area contributed by atoms with Crippen LogP contribution < -0.4 is 0 Å². The molecule has 3 aromatic heterocycles. The molecule has 0 atom stereocenters. The molecule has 136 valence electrons. The monoisotopic (exact) mass is 428 g/mol. The lowest BCUT2D eigenvalue weighted by Crippen LogP contribution is -2.02. The van der Waals surface area contributed by atoms with E-state index in [9.17, 15) is 18.0 Å². The molecule has 4 rings (SSSR count). The van der Waals surface area contributed by atoms with E-state index in [-0.39, 0.29) is 27.9 Å². The number of hydrogen-bond acceptors (Lipinski definition) is 9. The number of carbonyl (C=O) groups excluding carboxylic acids is 2. The molecular weight excluding hydrogens is 416 g/mol. The molecule has 0 bridgehead atoms. The fourth-order valence-electron chi connectivity index (χ4n) is 2.71. The second kappa shape index (κ2) is 6.15. The number of carbonyl (C=O) groups is 2. The Balaban J connectivity index is 1.85. The van der Waals surface area contributed by atoms with Gasteiger partial charge in [-0.2, -0.15) is 0 Å². The minimum absolute atomic E-state index is 0.139. The summed E-state index contributed by atoms with van der Waals surface area (Å²) in [7, 11) is -3.73. The smallest absolute Gasteiger partial charge is 0.348 e. The number of sulfone groups is 1. The maximum absolute atomic E-state index is 13.0. The van der Waals surface area contributed by atoms with Crippen molar-refractivity contribution in [2.75, 3.05) is 13.2 Å². The lowest BCUT2D eigenvalue weighted by atomic mass is 10.3. The van der Waals surface area contributed by atoms with Crippen molar-refractivity contribution < 1.29 is 27.5 Å². The number of ether oxygens (including phenoxy) is 2. The standard InChI is InChI=1S/C16H12O6S4/c1-3-21-15(17)8-5-7-11(24-8)14-13(23-7)12-10(26(14,19)20)6-9(25-12)16(18)22-4-2/h5-6H,3-4H2,1-2H3. The predicted molar refractivity (Wildman–Crippen MR) is 100 cm³/mol. The molecule has 3 aromatic rings. The van der Waals surface area contributed by atoms with Gasteiger partial charge >= 0.3 is 11.9 Å². The van der Waals surface area contributed by atoms with Crippen molar-refractivity contribution in [2.24, 2.45) is 0 Å². The fraction of sp³-hybridized carbons (Fsp3) is 0.250. The number of esters is 2. The van der Waals surface area contributed by atoms with Crippen LogP contribution in [0.3, 0.4) is 0 Å². The molecule has 0 aliphatic carbocycles. The maximum Gasteiger partial charge on any atom is 0.348 e. The molecule has 10 heteroatoms. The Morgan fingerprint density at radius 1 is 0.923 bits per heavy atom. The van der Waals surface area contributed by atoms with Crippen LogP contribution in [-0.2, 0) is 19.3 Å². The molecule has 1 aliphatic heterocycles. The van der Waals surface area contributed by atoms with E-state index in [1.165, 1.54) is 17.4 Å². The first kappa shape index (κ1) is 17.7. The number of thiophene rings is 3. The minimum atomic E-state index is -3.73. The minimum Gasteiger partial charge on any atom is -0.462 e. The summed E-state index contributed by atoms with van der Waals surface area (Å²) in [6.07, 6.45) is 0. The normalized spacial score (nSPS) is 14.2. The Bertz CT molecular complexity index is 1160. The Labute approximate surface area is 160 Å². The molecule has 0 unspecified atom stereocenters. The average molecular weight is 429 g/mol. The highest BCUT2D eigenvalue weighted by Gasteiger charge is 2.40. The molecule has 0 spiro atoms. The summed E-state index contributed by atoms with van der Waals surface area (Å²) in [4.78, 5) is 26.1. The first-order chi connectivity index (χ1) is 12.4. The van der Waals surface area contributed by atoms with Gasteiger partial charge in [-0.15, -0.1) is 34.0 Å². The van der Waals surface area contributed by atoms with E-state index >= 15 is 0 Å². The van der Waals surface area contributed by atoms with Crippen LogP contribution in [0, 0.1) is 0 Å². The van der Waals surface area contributed by atoms with Crippen LogP contribution in [0.15, 0.2) is 21.9 Å². The van der Waals surface area contributed by atoms with Gasteiger partial charge in [0.25, 0.3) is 0 Å². The SMILES string of the molecule is CCOC(=O)c1cc2c(s1)-c1sc3cc(C(=O)OCC)sc3c1S2(=O)=O. The molecule has 0 aromatic carbocycles. The zero-order valence-corrected chi connectivity index (χ0v) is 16.9. The highest BCUT2D eigenvalue weighted by molar-refractivity contribution is 7.93. The van der Waals surface area contributed by atoms with E-state index in [1.54, 1.807) is 19.9 Å². The third-order valence-corrected chi connectivity index (χ3v) is 9.65. The zero-order chi connectivity index (χ0) is 18.6. The van der Waals surface area contributed by atoms with Crippen LogP contribution in [0.1, 0.15) is 33.2 Å². The van der Waals surface area contributed by atoms with Gasteiger partial charge in [0, 0.05) is 4.70 Å². The molecule has 0 fully saturated rings. The molecule has 1 aliphatic rings. The summed E-state index contributed by atoms with van der Waals surface area (Å²) in [6.45, 7) is 3.90. The van der Waals surface area contributed by atoms with Gasteiger partial charge in [0.15, 0.2) is 0 Å². The second-order valence-corrected chi connectivity index (χ2v) is 10.3. The van der Waals surface area contributed by atoms with Gasteiger partial charge in [0.1, 0.15) is 14.6 Å². The molecule has 0 radical (unpaired) electrons. The van der Waals surface area contributed by atoms with E-state index in [0.29, 0.717) is 19.3 Å². The van der Waals surface area contributed by atoms with E-state index in [0.717, 1.165) is 27.4 Å². The lowest BCUT2D eigenvalue weighted by molar-refractivity contribution is 0.0522. The van der Waals surface area contributed by atoms with Crippen LogP contribution in [-0.4, -0.2) is 33.6 Å². The van der Waals surface area contributed by atoms with Crippen molar-refractivity contribution in [1.82, 2.24) is 0 Å². The van der Waals surface area contributed by atoms with Gasteiger partial charge in [-0.25, -0.2) is 18.0 Å². The largest absolute Gasteiger partial charge is 0.462 e. The molecule has 6 nitrogen and oxygen atoms in total. The summed E-state index contributed by atoms with van der Waals surface area (Å²) >= 11 is 3.55. The topological polar surface area (TPSA) is 86.7 Å². The van der Waals surface area contributed by atoms with Crippen molar-refractivity contribution in [3.63, 3.8) is 0 Å². The fourth-order valence-corrected chi connectivity index (χ4v) is 9.29. The summed E-state index contributed by atoms with van der Waals surface area (Å²) < 4.78 is 37.2. The number of fused-ring (bicyclic) bond motifs is 5. The van der Waals surface area contributed by atoms with Gasteiger partial charge in [0.2, 0.25) is 9.84 Å². The van der Waals surface area contributed by atoms with Gasteiger partial charge < -0.3 is 9.47 Å². The van der Waals surface area contributed by atoms with E-state index in [2.05, 4.69) is 0 Å². The van der Waals surface area contributed by atoms with Crippen LogP contribution in [0.5, 0.6) is 0 Å². The third-order valence-electron chi connectivity index (χ3n) is 3.74. The highest BCUT2D eigenvalue weighted by Crippen LogP contribution is 2.56. The van der Waals surface area contributed by atoms with Gasteiger partial charge in [-0.05, 0) is 26.0 Å². The molecule has 4 heterocycles. The first-order valence-corrected chi connectivity index (χ1v) is 11.6. The van der Waals surface area contributed by atoms with Gasteiger partial charge in [0.05, 0.1) is 32.6 Å². The first-order valence-electron chi connectivity index (χ1n) is 7.68. The molecular formula is C16H12O6S4. The zero-order valence-electron chi connectivity index (χ0n) is 13.7. The molecule has 0 N–H and O–H groups in total. The van der Waals surface area contributed by atoms with Crippen molar-refractivity contribution in [2.45, 2.75) is 23.6 Å². The molecule has 0 saturated carbocycles. The molecule has 26 heavy (non-hydrogen) atoms. The van der Waals surface area contributed by atoms with E-state index < -0.39 is 21.8 Å². The Morgan fingerprint density at radius 2 is 1.54 bits per heavy atom. The van der Waals surface area contributed by atoms with Crippen LogP contribution >= 0.6 is 34.0 Å². The highest BCUT2D eigenvalue weighted by atomic mass is 32.2. The number of rotatable bonds is 4. The Morgan fingerprint density at radius 3 is 2.15 bits per heavy atom. The quantitative estimate of drug-likeness (QED) is 0.453. The summed E-state index contributed by atoms with van der Waals surface area (Å²) in [5, 5.41) is 0.